The lowest BCUT2D eigenvalue weighted by atomic mass is 9.90. The molecule has 206 valence electrons. The van der Waals surface area contributed by atoms with E-state index < -0.39 is 63.7 Å². The first-order valence-corrected chi connectivity index (χ1v) is 12.6. The second kappa shape index (κ2) is 12.0. The molecule has 0 radical (unpaired) electrons. The molecule has 1 aliphatic carbocycles. The quantitative estimate of drug-likeness (QED) is 0.210. The predicted octanol–water partition coefficient (Wildman–Crippen LogP) is 8.33. The van der Waals surface area contributed by atoms with Gasteiger partial charge in [-0.1, -0.05) is 37.6 Å². The molecule has 0 bridgehead atoms. The molecule has 9 heteroatoms. The van der Waals surface area contributed by atoms with Crippen molar-refractivity contribution in [3.63, 3.8) is 0 Å². The average Bonchev–Trinajstić information content (AvgIpc) is 2.92. The highest BCUT2D eigenvalue weighted by molar-refractivity contribution is 5.91. The fourth-order valence-corrected chi connectivity index (χ4v) is 4.60. The molecule has 1 aliphatic rings. The first-order chi connectivity index (χ1) is 18.7. The molecular formula is C30H26F6O3. The Balaban J connectivity index is 1.49. The molecule has 0 saturated heterocycles. The van der Waals surface area contributed by atoms with Crippen molar-refractivity contribution in [1.29, 1.82) is 0 Å². The van der Waals surface area contributed by atoms with Gasteiger partial charge in [-0.05, 0) is 55.5 Å². The Morgan fingerprint density at radius 3 is 2.08 bits per heavy atom. The van der Waals surface area contributed by atoms with Crippen molar-refractivity contribution >= 4 is 11.5 Å². The lowest BCUT2D eigenvalue weighted by molar-refractivity contribution is 0.0279. The van der Waals surface area contributed by atoms with Crippen molar-refractivity contribution in [3.8, 4) is 16.9 Å². The van der Waals surface area contributed by atoms with Crippen molar-refractivity contribution in [2.75, 3.05) is 6.61 Å². The first-order valence-electron chi connectivity index (χ1n) is 12.6. The van der Waals surface area contributed by atoms with E-state index in [9.17, 15) is 31.1 Å². The highest BCUT2D eigenvalue weighted by Gasteiger charge is 2.27. The average molecular weight is 549 g/mol. The summed E-state index contributed by atoms with van der Waals surface area (Å²) in [7, 11) is 0. The van der Waals surface area contributed by atoms with E-state index in [4.69, 9.17) is 9.47 Å². The summed E-state index contributed by atoms with van der Waals surface area (Å²) < 4.78 is 97.7. The Bertz CT molecular complexity index is 1430. The van der Waals surface area contributed by atoms with Crippen LogP contribution in [0.3, 0.4) is 0 Å². The summed E-state index contributed by atoms with van der Waals surface area (Å²) in [6.07, 6.45) is 2.72. The number of hydrogen-bond acceptors (Lipinski definition) is 3. The van der Waals surface area contributed by atoms with Gasteiger partial charge in [0.25, 0.3) is 0 Å². The molecule has 1 unspecified atom stereocenters. The molecule has 1 atom stereocenters. The minimum absolute atomic E-state index is 0.0786. The van der Waals surface area contributed by atoms with Gasteiger partial charge in [0.05, 0.1) is 12.2 Å². The summed E-state index contributed by atoms with van der Waals surface area (Å²) in [4.78, 5) is 12.6. The normalized spacial score (nSPS) is 15.2. The molecule has 4 rings (SSSR count). The first kappa shape index (κ1) is 28.3. The van der Waals surface area contributed by atoms with Crippen LogP contribution in [0.15, 0.2) is 42.5 Å². The van der Waals surface area contributed by atoms with Gasteiger partial charge in [-0.2, -0.15) is 4.39 Å². The number of aryl methyl sites for hydroxylation is 1. The Hall–Kier alpha value is -3.75. The van der Waals surface area contributed by atoms with Crippen molar-refractivity contribution in [2.24, 2.45) is 0 Å². The van der Waals surface area contributed by atoms with Gasteiger partial charge in [-0.3, -0.25) is 0 Å². The van der Waals surface area contributed by atoms with Gasteiger partial charge >= 0.3 is 5.97 Å². The van der Waals surface area contributed by atoms with Crippen LogP contribution in [-0.2, 0) is 11.2 Å². The highest BCUT2D eigenvalue weighted by atomic mass is 19.2. The number of carbonyl (C=O) groups is 1. The summed E-state index contributed by atoms with van der Waals surface area (Å²) in [5, 5.41) is 0. The fourth-order valence-electron chi connectivity index (χ4n) is 4.60. The van der Waals surface area contributed by atoms with Crippen molar-refractivity contribution in [2.45, 2.75) is 52.1 Å². The predicted molar refractivity (Wildman–Crippen MR) is 134 cm³/mol. The van der Waals surface area contributed by atoms with Crippen LogP contribution >= 0.6 is 0 Å². The molecule has 0 spiro atoms. The maximum atomic E-state index is 14.9. The van der Waals surface area contributed by atoms with Gasteiger partial charge in [0, 0.05) is 23.1 Å². The Labute approximate surface area is 222 Å². The third-order valence-electron chi connectivity index (χ3n) is 6.60. The highest BCUT2D eigenvalue weighted by Crippen LogP contribution is 2.35. The third kappa shape index (κ3) is 5.67. The lowest BCUT2D eigenvalue weighted by Gasteiger charge is -2.23. The number of allylic oxidation sites excluding steroid dienone is 1. The number of rotatable bonds is 8. The number of ether oxygens (including phenoxy) is 2. The van der Waals surface area contributed by atoms with E-state index in [1.807, 2.05) is 6.92 Å². The van der Waals surface area contributed by atoms with Gasteiger partial charge in [-0.25, -0.2) is 26.7 Å². The SMILES string of the molecule is CCCc1ccc(C2=CCC(OC(=O)c3ccc(-c4ccc(OCC)c(F)c4F)c(F)c3F)CC2)c(F)c1F. The summed E-state index contributed by atoms with van der Waals surface area (Å²) in [5.74, 6) is -9.19. The van der Waals surface area contributed by atoms with Gasteiger partial charge in [0.15, 0.2) is 34.8 Å². The third-order valence-corrected chi connectivity index (χ3v) is 6.60. The molecule has 3 aromatic rings. The molecule has 0 aliphatic heterocycles. The molecule has 3 nitrogen and oxygen atoms in total. The topological polar surface area (TPSA) is 35.5 Å². The molecular weight excluding hydrogens is 522 g/mol. The molecule has 0 amide bonds. The zero-order valence-electron chi connectivity index (χ0n) is 21.4. The number of carbonyl (C=O) groups excluding carboxylic acids is 1. The minimum Gasteiger partial charge on any atom is -0.491 e. The van der Waals surface area contributed by atoms with Crippen LogP contribution in [0.5, 0.6) is 5.75 Å². The van der Waals surface area contributed by atoms with Gasteiger partial charge in [0.2, 0.25) is 5.82 Å². The van der Waals surface area contributed by atoms with E-state index in [0.717, 1.165) is 24.3 Å². The van der Waals surface area contributed by atoms with Gasteiger partial charge < -0.3 is 9.47 Å². The Morgan fingerprint density at radius 1 is 0.795 bits per heavy atom. The molecule has 0 heterocycles. The van der Waals surface area contributed by atoms with Gasteiger partial charge in [0.1, 0.15) is 6.10 Å². The molecule has 3 aromatic carbocycles. The van der Waals surface area contributed by atoms with Crippen molar-refractivity contribution in [1.82, 2.24) is 0 Å². The lowest BCUT2D eigenvalue weighted by Crippen LogP contribution is -2.21. The zero-order valence-corrected chi connectivity index (χ0v) is 21.4. The van der Waals surface area contributed by atoms with E-state index >= 15 is 0 Å². The number of esters is 1. The number of halogens is 6. The monoisotopic (exact) mass is 548 g/mol. The van der Waals surface area contributed by atoms with Crippen LogP contribution in [0.2, 0.25) is 0 Å². The molecule has 39 heavy (non-hydrogen) atoms. The molecule has 0 saturated carbocycles. The van der Waals surface area contributed by atoms with E-state index in [0.29, 0.717) is 24.0 Å². The van der Waals surface area contributed by atoms with Crippen LogP contribution in [0.4, 0.5) is 26.3 Å². The maximum absolute atomic E-state index is 14.9. The molecule has 0 N–H and O–H groups in total. The van der Waals surface area contributed by atoms with Crippen molar-refractivity contribution < 1.29 is 40.6 Å². The Kier molecular flexibility index (Phi) is 8.67. The second-order valence-electron chi connectivity index (χ2n) is 9.14. The largest absolute Gasteiger partial charge is 0.491 e. The molecule has 0 fully saturated rings. The second-order valence-corrected chi connectivity index (χ2v) is 9.14. The van der Waals surface area contributed by atoms with Crippen LogP contribution in [0.25, 0.3) is 16.7 Å². The van der Waals surface area contributed by atoms with E-state index in [-0.39, 0.29) is 37.2 Å². The summed E-state index contributed by atoms with van der Waals surface area (Å²) >= 11 is 0. The van der Waals surface area contributed by atoms with E-state index in [1.165, 1.54) is 6.07 Å². The van der Waals surface area contributed by atoms with Crippen LogP contribution < -0.4 is 4.74 Å². The summed E-state index contributed by atoms with van der Waals surface area (Å²) in [6.45, 7) is 3.52. The Morgan fingerprint density at radius 2 is 1.44 bits per heavy atom. The smallest absolute Gasteiger partial charge is 0.341 e. The summed E-state index contributed by atoms with van der Waals surface area (Å²) in [5.41, 5.74) is -0.821. The maximum Gasteiger partial charge on any atom is 0.341 e. The number of hydrogen-bond donors (Lipinski definition) is 0. The minimum atomic E-state index is -1.57. The van der Waals surface area contributed by atoms with E-state index in [2.05, 4.69) is 0 Å². The van der Waals surface area contributed by atoms with Crippen LogP contribution in [-0.4, -0.2) is 18.7 Å². The van der Waals surface area contributed by atoms with Crippen LogP contribution in [0, 0.1) is 34.9 Å². The summed E-state index contributed by atoms with van der Waals surface area (Å²) in [6, 6.07) is 7.13. The molecule has 0 aromatic heterocycles. The number of benzene rings is 3. The fraction of sp³-hybridized carbons (Fsp3) is 0.300. The van der Waals surface area contributed by atoms with Gasteiger partial charge in [-0.15, -0.1) is 0 Å². The van der Waals surface area contributed by atoms with Crippen molar-refractivity contribution in [3.05, 3.63) is 94.1 Å². The zero-order chi connectivity index (χ0) is 28.3. The van der Waals surface area contributed by atoms with Crippen LogP contribution in [0.1, 0.15) is 61.0 Å². The standard InChI is InChI=1S/C30H26F6O3/c1-3-5-17-8-11-19(25(32)24(17)31)16-6-9-18(10-7-16)39-30(37)22-13-12-20(26(33)28(22)35)21-14-15-23(38-4-2)29(36)27(21)34/h6,8,11-15,18H,3-5,7,9-10H2,1-2H3. The van der Waals surface area contributed by atoms with E-state index in [1.54, 1.807) is 19.1 Å².